The molecule has 1 aromatic heterocycles. The molecule has 0 aliphatic rings. The molecule has 0 radical (unpaired) electrons. The van der Waals surface area contributed by atoms with Gasteiger partial charge in [0.2, 0.25) is 0 Å². The molecule has 0 aliphatic heterocycles. The lowest BCUT2D eigenvalue weighted by Gasteiger charge is -2.09. The van der Waals surface area contributed by atoms with Crippen LogP contribution in [0.5, 0.6) is 11.8 Å². The van der Waals surface area contributed by atoms with Crippen molar-refractivity contribution in [3.05, 3.63) is 80.4 Å². The molecule has 0 amide bonds. The van der Waals surface area contributed by atoms with Gasteiger partial charge in [0, 0.05) is 12.1 Å². The molecule has 1 N–H and O–H groups in total. The van der Waals surface area contributed by atoms with Gasteiger partial charge in [0.1, 0.15) is 10.5 Å². The van der Waals surface area contributed by atoms with Gasteiger partial charge < -0.3 is 4.74 Å². The second kappa shape index (κ2) is 8.27. The summed E-state index contributed by atoms with van der Waals surface area (Å²) < 4.78 is 46.0. The van der Waals surface area contributed by atoms with Gasteiger partial charge in [-0.3, -0.25) is 25.0 Å². The monoisotopic (exact) mass is 449 g/mol. The number of nitro benzene ring substituents is 2. The molecule has 3 rings (SSSR count). The van der Waals surface area contributed by atoms with Crippen molar-refractivity contribution in [2.24, 2.45) is 0 Å². The van der Waals surface area contributed by atoms with Crippen molar-refractivity contribution in [2.75, 3.05) is 4.72 Å². The minimum absolute atomic E-state index is 0.143. The van der Waals surface area contributed by atoms with Gasteiger partial charge in [0.15, 0.2) is 11.6 Å². The van der Waals surface area contributed by atoms with Gasteiger partial charge in [-0.25, -0.2) is 22.8 Å². The number of hydrogen-bond acceptors (Lipinski definition) is 9. The Morgan fingerprint density at radius 2 is 1.58 bits per heavy atom. The first kappa shape index (κ1) is 21.5. The molecule has 160 valence electrons. The zero-order valence-electron chi connectivity index (χ0n) is 15.6. The summed E-state index contributed by atoms with van der Waals surface area (Å²) in [6.45, 7) is 1.14. The molecule has 0 unspecified atom stereocenters. The highest BCUT2D eigenvalue weighted by Gasteiger charge is 2.28. The molecule has 0 saturated carbocycles. The van der Waals surface area contributed by atoms with Crippen molar-refractivity contribution in [3.63, 3.8) is 0 Å². The lowest BCUT2D eigenvalue weighted by atomic mass is 10.1. The zero-order valence-corrected chi connectivity index (χ0v) is 16.4. The average Bonchev–Trinajstić information content (AvgIpc) is 2.70. The minimum Gasteiger partial charge on any atom is -0.421 e. The number of sulfonamides is 1. The van der Waals surface area contributed by atoms with E-state index in [2.05, 4.69) is 14.7 Å². The van der Waals surface area contributed by atoms with E-state index in [4.69, 9.17) is 4.74 Å². The van der Waals surface area contributed by atoms with Crippen LogP contribution in [0.25, 0.3) is 0 Å². The van der Waals surface area contributed by atoms with Crippen molar-refractivity contribution < 1.29 is 27.4 Å². The number of nitro groups is 2. The molecule has 31 heavy (non-hydrogen) atoms. The Bertz CT molecular complexity index is 1250. The van der Waals surface area contributed by atoms with E-state index in [1.54, 1.807) is 0 Å². The maximum atomic E-state index is 13.6. The predicted octanol–water partition coefficient (Wildman–Crippen LogP) is 3.33. The van der Waals surface area contributed by atoms with Crippen molar-refractivity contribution in [2.45, 2.75) is 11.8 Å². The highest BCUT2D eigenvalue weighted by Crippen LogP contribution is 2.32. The molecule has 1 heterocycles. The van der Waals surface area contributed by atoms with Crippen LogP contribution in [0.4, 0.5) is 21.5 Å². The number of rotatable bonds is 7. The van der Waals surface area contributed by atoms with Crippen LogP contribution in [0.3, 0.4) is 0 Å². The van der Waals surface area contributed by atoms with E-state index < -0.39 is 42.0 Å². The summed E-state index contributed by atoms with van der Waals surface area (Å²) in [7, 11) is -4.46. The van der Waals surface area contributed by atoms with E-state index in [0.29, 0.717) is 12.1 Å². The number of nitrogens with zero attached hydrogens (tertiary/aromatic N) is 4. The maximum Gasteiger partial charge on any atom is 0.322 e. The molecule has 0 atom stereocenters. The van der Waals surface area contributed by atoms with Gasteiger partial charge in [-0.1, -0.05) is 12.1 Å². The first-order chi connectivity index (χ1) is 14.6. The molecule has 0 bridgehead atoms. The second-order valence-corrected chi connectivity index (χ2v) is 7.68. The Kier molecular flexibility index (Phi) is 5.74. The smallest absolute Gasteiger partial charge is 0.322 e. The van der Waals surface area contributed by atoms with Crippen LogP contribution in [0, 0.1) is 33.0 Å². The minimum atomic E-state index is -4.46. The molecule has 0 fully saturated rings. The molecule has 12 nitrogen and oxygen atoms in total. The standard InChI is InChI=1S/C17H12FN5O7S/c1-10-14(22(24)25)6-12(7-15(10)23(26)27)31(28,29)21-11-8-19-17(20-9-11)30-16-5-3-2-4-13(16)18/h2-9,21H,1H3. The fourth-order valence-corrected chi connectivity index (χ4v) is 3.52. The number of ether oxygens (including phenoxy) is 1. The highest BCUT2D eigenvalue weighted by atomic mass is 32.2. The first-order valence-corrected chi connectivity index (χ1v) is 9.77. The Hall–Kier alpha value is -4.20. The van der Waals surface area contributed by atoms with E-state index in [1.807, 2.05) is 0 Å². The summed E-state index contributed by atoms with van der Waals surface area (Å²) in [4.78, 5) is 27.3. The van der Waals surface area contributed by atoms with Crippen LogP contribution in [-0.2, 0) is 10.0 Å². The summed E-state index contributed by atoms with van der Waals surface area (Å²) >= 11 is 0. The van der Waals surface area contributed by atoms with E-state index in [-0.39, 0.29) is 23.0 Å². The van der Waals surface area contributed by atoms with E-state index in [9.17, 15) is 33.0 Å². The number of halogens is 1. The van der Waals surface area contributed by atoms with Crippen LogP contribution in [0.2, 0.25) is 0 Å². The SMILES string of the molecule is Cc1c([N+](=O)[O-])cc(S(=O)(=O)Nc2cnc(Oc3ccccc3F)nc2)cc1[N+](=O)[O-]. The molecule has 14 heteroatoms. The largest absolute Gasteiger partial charge is 0.421 e. The number of para-hydroxylation sites is 1. The van der Waals surface area contributed by atoms with E-state index >= 15 is 0 Å². The number of anilines is 1. The van der Waals surface area contributed by atoms with Crippen LogP contribution in [-0.4, -0.2) is 28.2 Å². The number of aromatic nitrogens is 2. The van der Waals surface area contributed by atoms with Gasteiger partial charge in [-0.2, -0.15) is 0 Å². The van der Waals surface area contributed by atoms with Gasteiger partial charge in [-0.15, -0.1) is 0 Å². The Morgan fingerprint density at radius 1 is 1.03 bits per heavy atom. The predicted molar refractivity (Wildman–Crippen MR) is 104 cm³/mol. The third-order valence-electron chi connectivity index (χ3n) is 3.95. The molecule has 0 saturated heterocycles. The van der Waals surface area contributed by atoms with Crippen LogP contribution < -0.4 is 9.46 Å². The highest BCUT2D eigenvalue weighted by molar-refractivity contribution is 7.92. The second-order valence-electron chi connectivity index (χ2n) is 5.99. The van der Waals surface area contributed by atoms with E-state index in [1.165, 1.54) is 18.2 Å². The van der Waals surface area contributed by atoms with Crippen molar-refractivity contribution in [3.8, 4) is 11.8 Å². The first-order valence-electron chi connectivity index (χ1n) is 8.29. The number of hydrogen-bond donors (Lipinski definition) is 1. The summed E-state index contributed by atoms with van der Waals surface area (Å²) in [6, 6.07) is 6.64. The summed E-state index contributed by atoms with van der Waals surface area (Å²) in [5.74, 6) is -0.798. The summed E-state index contributed by atoms with van der Waals surface area (Å²) in [5, 5.41) is 22.3. The Morgan fingerprint density at radius 3 is 2.10 bits per heavy atom. The molecule has 0 spiro atoms. The Labute approximate surface area is 173 Å². The van der Waals surface area contributed by atoms with Crippen molar-refractivity contribution >= 4 is 27.1 Å². The van der Waals surface area contributed by atoms with Crippen molar-refractivity contribution in [1.29, 1.82) is 0 Å². The topological polar surface area (TPSA) is 167 Å². The molecule has 3 aromatic rings. The van der Waals surface area contributed by atoms with Crippen LogP contribution in [0.15, 0.2) is 53.7 Å². The number of nitrogens with one attached hydrogen (secondary N) is 1. The van der Waals surface area contributed by atoms with Gasteiger partial charge in [0.25, 0.3) is 21.4 Å². The van der Waals surface area contributed by atoms with Gasteiger partial charge in [0.05, 0.1) is 27.9 Å². The summed E-state index contributed by atoms with van der Waals surface area (Å²) in [6.07, 6.45) is 2.02. The fourth-order valence-electron chi connectivity index (χ4n) is 2.45. The average molecular weight is 449 g/mol. The maximum absolute atomic E-state index is 13.6. The van der Waals surface area contributed by atoms with Crippen molar-refractivity contribution in [1.82, 2.24) is 9.97 Å². The van der Waals surface area contributed by atoms with Gasteiger partial charge in [-0.05, 0) is 19.1 Å². The number of benzene rings is 2. The lowest BCUT2D eigenvalue weighted by molar-refractivity contribution is -0.395. The molecular weight excluding hydrogens is 437 g/mol. The molecule has 0 aliphatic carbocycles. The normalized spacial score (nSPS) is 11.0. The van der Waals surface area contributed by atoms with Gasteiger partial charge >= 0.3 is 6.01 Å². The Balaban J connectivity index is 1.88. The fraction of sp³-hybridized carbons (Fsp3) is 0.0588. The third-order valence-corrected chi connectivity index (χ3v) is 5.31. The summed E-state index contributed by atoms with van der Waals surface area (Å²) in [5.41, 5.74) is -1.89. The third kappa shape index (κ3) is 4.69. The zero-order chi connectivity index (χ0) is 22.8. The molecular formula is C17H12FN5O7S. The van der Waals surface area contributed by atoms with Crippen LogP contribution >= 0.6 is 0 Å². The van der Waals surface area contributed by atoms with E-state index in [0.717, 1.165) is 25.4 Å². The quantitative estimate of drug-likeness (QED) is 0.420. The molecule has 2 aromatic carbocycles. The lowest BCUT2D eigenvalue weighted by Crippen LogP contribution is -2.14. The van der Waals surface area contributed by atoms with Crippen LogP contribution in [0.1, 0.15) is 5.56 Å².